The van der Waals surface area contributed by atoms with Crippen LogP contribution in [0.5, 0.6) is 0 Å². The first-order valence-electron chi connectivity index (χ1n) is 5.81. The lowest BCUT2D eigenvalue weighted by Gasteiger charge is -2.18. The molecule has 16 heavy (non-hydrogen) atoms. The normalized spacial score (nSPS) is 14.8. The summed E-state index contributed by atoms with van der Waals surface area (Å²) in [5.41, 5.74) is 2.14. The zero-order chi connectivity index (χ0) is 12.3. The molecule has 0 radical (unpaired) electrons. The van der Waals surface area contributed by atoms with E-state index in [2.05, 4.69) is 25.0 Å². The van der Waals surface area contributed by atoms with Crippen molar-refractivity contribution in [3.63, 3.8) is 0 Å². The Morgan fingerprint density at radius 3 is 2.50 bits per heavy atom. The van der Waals surface area contributed by atoms with Crippen LogP contribution >= 0.6 is 0 Å². The van der Waals surface area contributed by atoms with Gasteiger partial charge >= 0.3 is 5.97 Å². The highest BCUT2D eigenvalue weighted by molar-refractivity contribution is 5.70. The Hall–Kier alpha value is -1.32. The summed E-state index contributed by atoms with van der Waals surface area (Å²) >= 11 is 0. The topological polar surface area (TPSA) is 55.1 Å². The SMILES string of the molecule is CCc1cc(CC)n(C(C)C(C)C(=O)O)n1. The summed E-state index contributed by atoms with van der Waals surface area (Å²) in [6, 6.07) is 1.96. The lowest BCUT2D eigenvalue weighted by molar-refractivity contribution is -0.142. The van der Waals surface area contributed by atoms with Crippen LogP contribution in [0.3, 0.4) is 0 Å². The fourth-order valence-electron chi connectivity index (χ4n) is 1.70. The predicted octanol–water partition coefficient (Wildman–Crippen LogP) is 2.29. The highest BCUT2D eigenvalue weighted by Gasteiger charge is 2.23. The second-order valence-electron chi connectivity index (χ2n) is 4.15. The molecule has 0 aromatic carbocycles. The van der Waals surface area contributed by atoms with Crippen LogP contribution in [-0.4, -0.2) is 20.9 Å². The summed E-state index contributed by atoms with van der Waals surface area (Å²) in [6.45, 7) is 7.74. The summed E-state index contributed by atoms with van der Waals surface area (Å²) in [5, 5.41) is 13.5. The van der Waals surface area contributed by atoms with E-state index in [1.165, 1.54) is 0 Å². The monoisotopic (exact) mass is 224 g/mol. The van der Waals surface area contributed by atoms with E-state index < -0.39 is 11.9 Å². The van der Waals surface area contributed by atoms with Gasteiger partial charge in [0.1, 0.15) is 0 Å². The smallest absolute Gasteiger partial charge is 0.308 e. The number of hydrogen-bond acceptors (Lipinski definition) is 2. The number of carboxylic acid groups (broad SMARTS) is 1. The molecule has 90 valence electrons. The summed E-state index contributed by atoms with van der Waals surface area (Å²) in [6.07, 6.45) is 1.76. The van der Waals surface area contributed by atoms with Crippen LogP contribution in [0.1, 0.15) is 45.1 Å². The van der Waals surface area contributed by atoms with Gasteiger partial charge in [-0.05, 0) is 32.8 Å². The third-order valence-corrected chi connectivity index (χ3v) is 3.09. The van der Waals surface area contributed by atoms with Crippen molar-refractivity contribution in [2.45, 2.75) is 46.6 Å². The molecule has 0 fully saturated rings. The molecule has 0 saturated heterocycles. The van der Waals surface area contributed by atoms with E-state index in [0.29, 0.717) is 0 Å². The maximum Gasteiger partial charge on any atom is 0.308 e. The molecule has 0 aliphatic carbocycles. The molecule has 0 bridgehead atoms. The van der Waals surface area contributed by atoms with E-state index in [9.17, 15) is 4.79 Å². The van der Waals surface area contributed by atoms with E-state index >= 15 is 0 Å². The summed E-state index contributed by atoms with van der Waals surface area (Å²) in [5.74, 6) is -1.20. The first-order chi connectivity index (χ1) is 7.51. The summed E-state index contributed by atoms with van der Waals surface area (Å²) < 4.78 is 1.86. The number of aromatic nitrogens is 2. The Kier molecular flexibility index (Phi) is 4.10. The lowest BCUT2D eigenvalue weighted by atomic mass is 10.0. The number of carboxylic acids is 1. The lowest BCUT2D eigenvalue weighted by Crippen LogP contribution is -2.23. The average molecular weight is 224 g/mol. The van der Waals surface area contributed by atoms with Gasteiger partial charge in [-0.3, -0.25) is 9.48 Å². The molecule has 1 aromatic heterocycles. The van der Waals surface area contributed by atoms with Crippen LogP contribution in [0.4, 0.5) is 0 Å². The van der Waals surface area contributed by atoms with Crippen molar-refractivity contribution >= 4 is 5.97 Å². The number of aryl methyl sites for hydroxylation is 2. The first kappa shape index (κ1) is 12.7. The quantitative estimate of drug-likeness (QED) is 0.834. The molecule has 1 heterocycles. The van der Waals surface area contributed by atoms with E-state index in [1.807, 2.05) is 11.6 Å². The van der Waals surface area contributed by atoms with Crippen molar-refractivity contribution in [2.24, 2.45) is 5.92 Å². The second-order valence-corrected chi connectivity index (χ2v) is 4.15. The van der Waals surface area contributed by atoms with E-state index in [0.717, 1.165) is 24.2 Å². The third kappa shape index (κ3) is 2.43. The molecular formula is C12H20N2O2. The number of aliphatic carboxylic acids is 1. The molecule has 1 rings (SSSR count). The minimum atomic E-state index is -0.775. The van der Waals surface area contributed by atoms with Gasteiger partial charge in [0.2, 0.25) is 0 Å². The van der Waals surface area contributed by atoms with Gasteiger partial charge in [0, 0.05) is 5.69 Å². The second kappa shape index (κ2) is 5.14. The van der Waals surface area contributed by atoms with Crippen molar-refractivity contribution < 1.29 is 9.90 Å². The maximum absolute atomic E-state index is 10.9. The Bertz CT molecular complexity index is 371. The minimum Gasteiger partial charge on any atom is -0.481 e. The minimum absolute atomic E-state index is 0.104. The van der Waals surface area contributed by atoms with Gasteiger partial charge < -0.3 is 5.11 Å². The fraction of sp³-hybridized carbons (Fsp3) is 0.667. The molecule has 1 N–H and O–H groups in total. The van der Waals surface area contributed by atoms with Crippen molar-refractivity contribution in [3.8, 4) is 0 Å². The van der Waals surface area contributed by atoms with Gasteiger partial charge in [-0.15, -0.1) is 0 Å². The standard InChI is InChI=1S/C12H20N2O2/c1-5-10-7-11(6-2)14(13-10)9(4)8(3)12(15)16/h7-9H,5-6H2,1-4H3,(H,15,16). The molecule has 2 atom stereocenters. The number of hydrogen-bond donors (Lipinski definition) is 1. The van der Waals surface area contributed by atoms with Gasteiger partial charge in [-0.1, -0.05) is 13.8 Å². The third-order valence-electron chi connectivity index (χ3n) is 3.09. The molecule has 0 spiro atoms. The molecule has 0 aliphatic rings. The van der Waals surface area contributed by atoms with Crippen molar-refractivity contribution in [1.82, 2.24) is 9.78 Å². The van der Waals surface area contributed by atoms with Crippen LogP contribution in [0.25, 0.3) is 0 Å². The predicted molar refractivity (Wildman–Crippen MR) is 62.5 cm³/mol. The van der Waals surface area contributed by atoms with Crippen LogP contribution in [0, 0.1) is 5.92 Å². The Labute approximate surface area is 96.3 Å². The summed E-state index contributed by atoms with van der Waals surface area (Å²) in [7, 11) is 0. The molecule has 0 saturated carbocycles. The number of rotatable bonds is 5. The van der Waals surface area contributed by atoms with Gasteiger partial charge in [0.05, 0.1) is 17.7 Å². The Balaban J connectivity index is 3.01. The number of nitrogens with zero attached hydrogens (tertiary/aromatic N) is 2. The molecular weight excluding hydrogens is 204 g/mol. The fourth-order valence-corrected chi connectivity index (χ4v) is 1.70. The largest absolute Gasteiger partial charge is 0.481 e. The van der Waals surface area contributed by atoms with Gasteiger partial charge in [0.25, 0.3) is 0 Å². The number of carbonyl (C=O) groups is 1. The van der Waals surface area contributed by atoms with E-state index in [-0.39, 0.29) is 6.04 Å². The van der Waals surface area contributed by atoms with E-state index in [4.69, 9.17) is 5.11 Å². The zero-order valence-corrected chi connectivity index (χ0v) is 10.4. The van der Waals surface area contributed by atoms with Gasteiger partial charge in [-0.25, -0.2) is 0 Å². The summed E-state index contributed by atoms with van der Waals surface area (Å²) in [4.78, 5) is 10.9. The van der Waals surface area contributed by atoms with Crippen LogP contribution < -0.4 is 0 Å². The van der Waals surface area contributed by atoms with Crippen LogP contribution in [0.2, 0.25) is 0 Å². The zero-order valence-electron chi connectivity index (χ0n) is 10.4. The first-order valence-corrected chi connectivity index (χ1v) is 5.81. The van der Waals surface area contributed by atoms with Crippen molar-refractivity contribution in [3.05, 3.63) is 17.5 Å². The molecule has 0 aliphatic heterocycles. The average Bonchev–Trinajstić information content (AvgIpc) is 2.69. The molecule has 2 unspecified atom stereocenters. The molecule has 1 aromatic rings. The molecule has 4 nitrogen and oxygen atoms in total. The van der Waals surface area contributed by atoms with Crippen molar-refractivity contribution in [2.75, 3.05) is 0 Å². The van der Waals surface area contributed by atoms with Gasteiger partial charge in [0.15, 0.2) is 0 Å². The molecule has 0 amide bonds. The van der Waals surface area contributed by atoms with Crippen LogP contribution in [-0.2, 0) is 17.6 Å². The highest BCUT2D eigenvalue weighted by atomic mass is 16.4. The Morgan fingerprint density at radius 2 is 2.06 bits per heavy atom. The van der Waals surface area contributed by atoms with Crippen molar-refractivity contribution in [1.29, 1.82) is 0 Å². The Morgan fingerprint density at radius 1 is 1.44 bits per heavy atom. The molecule has 4 heteroatoms. The van der Waals surface area contributed by atoms with Gasteiger partial charge in [-0.2, -0.15) is 5.10 Å². The van der Waals surface area contributed by atoms with Crippen LogP contribution in [0.15, 0.2) is 6.07 Å². The highest BCUT2D eigenvalue weighted by Crippen LogP contribution is 2.20. The van der Waals surface area contributed by atoms with E-state index in [1.54, 1.807) is 6.92 Å². The maximum atomic E-state index is 10.9.